The molecule has 0 N–H and O–H groups in total. The van der Waals surface area contributed by atoms with E-state index in [9.17, 15) is 13.2 Å². The van der Waals surface area contributed by atoms with E-state index in [4.69, 9.17) is 0 Å². The van der Waals surface area contributed by atoms with Gasteiger partial charge >= 0.3 is 0 Å². The largest absolute Gasteiger partial charge is 0.300 e. The Bertz CT molecular complexity index is 926. The van der Waals surface area contributed by atoms with E-state index in [2.05, 4.69) is 13.8 Å². The lowest BCUT2D eigenvalue weighted by Gasteiger charge is -2.28. The first-order valence-corrected chi connectivity index (χ1v) is 10.4. The average molecular weight is 369 g/mol. The number of rotatable bonds is 4. The van der Waals surface area contributed by atoms with E-state index in [1.165, 1.54) is 11.0 Å². The predicted octanol–water partition coefficient (Wildman–Crippen LogP) is 4.08. The van der Waals surface area contributed by atoms with Crippen molar-refractivity contribution in [3.63, 3.8) is 0 Å². The van der Waals surface area contributed by atoms with Crippen LogP contribution >= 0.6 is 0 Å². The Morgan fingerprint density at radius 1 is 1.04 bits per heavy atom. The highest BCUT2D eigenvalue weighted by atomic mass is 32.2. The highest BCUT2D eigenvalue weighted by Crippen LogP contribution is 2.27. The Morgan fingerprint density at radius 3 is 2.15 bits per heavy atom. The zero-order chi connectivity index (χ0) is 18.9. The van der Waals surface area contributed by atoms with Gasteiger partial charge in [-0.15, -0.1) is 0 Å². The third kappa shape index (κ3) is 3.88. The van der Waals surface area contributed by atoms with Crippen LogP contribution in [0.4, 0.5) is 5.69 Å². The summed E-state index contributed by atoms with van der Waals surface area (Å²) in [6.07, 6.45) is 1.60. The lowest BCUT2D eigenvalue weighted by molar-refractivity contribution is 0.0983. The maximum atomic E-state index is 13.2. The van der Waals surface area contributed by atoms with Crippen LogP contribution in [0.25, 0.3) is 0 Å². The van der Waals surface area contributed by atoms with E-state index in [-0.39, 0.29) is 11.7 Å². The Kier molecular flexibility index (Phi) is 5.01. The highest BCUT2D eigenvalue weighted by Gasteiger charge is 2.32. The molecule has 5 heteroatoms. The maximum Gasteiger partial charge on any atom is 0.258 e. The Balaban J connectivity index is 2.00. The number of amides is 1. The summed E-state index contributed by atoms with van der Waals surface area (Å²) in [7, 11) is -3.27. The highest BCUT2D eigenvalue weighted by molar-refractivity contribution is 7.94. The average Bonchev–Trinajstić information content (AvgIpc) is 2.95. The van der Waals surface area contributed by atoms with Gasteiger partial charge in [0.2, 0.25) is 0 Å². The van der Waals surface area contributed by atoms with Crippen molar-refractivity contribution in [2.75, 3.05) is 10.7 Å². The van der Waals surface area contributed by atoms with Gasteiger partial charge in [-0.2, -0.15) is 0 Å². The summed E-state index contributed by atoms with van der Waals surface area (Å²) >= 11 is 0. The lowest BCUT2D eigenvalue weighted by Crippen LogP contribution is -2.41. The van der Waals surface area contributed by atoms with Crippen molar-refractivity contribution in [2.24, 2.45) is 0 Å². The van der Waals surface area contributed by atoms with Gasteiger partial charge in [-0.3, -0.25) is 4.79 Å². The summed E-state index contributed by atoms with van der Waals surface area (Å²) in [6.45, 7) is 6.18. The van der Waals surface area contributed by atoms with Gasteiger partial charge in [0.1, 0.15) is 0 Å². The first kappa shape index (κ1) is 18.4. The third-order valence-electron chi connectivity index (χ3n) is 4.60. The van der Waals surface area contributed by atoms with Gasteiger partial charge in [-0.05, 0) is 48.7 Å². The first-order chi connectivity index (χ1) is 12.3. The molecule has 0 saturated heterocycles. The number of carbonyl (C=O) groups excluding carboxylic acids is 1. The quantitative estimate of drug-likeness (QED) is 0.816. The van der Waals surface area contributed by atoms with Crippen molar-refractivity contribution in [1.82, 2.24) is 0 Å². The molecule has 1 amide bonds. The number of carbonyl (C=O) groups is 1. The second-order valence-electron chi connectivity index (χ2n) is 7.01. The van der Waals surface area contributed by atoms with Gasteiger partial charge in [-0.1, -0.05) is 43.7 Å². The molecule has 4 nitrogen and oxygen atoms in total. The van der Waals surface area contributed by atoms with Gasteiger partial charge in [0.05, 0.1) is 11.8 Å². The van der Waals surface area contributed by atoms with Crippen molar-refractivity contribution in [3.05, 3.63) is 76.7 Å². The number of hydrogen-bond donors (Lipinski definition) is 0. The zero-order valence-corrected chi connectivity index (χ0v) is 16.0. The number of benzene rings is 2. The van der Waals surface area contributed by atoms with Gasteiger partial charge in [-0.25, -0.2) is 8.42 Å². The molecule has 26 heavy (non-hydrogen) atoms. The standard InChI is InChI=1S/C21H23NO3S/c1-15(2)17-8-10-19(11-9-17)22(20-12-13-26(24,25)14-20)21(23)18-6-4-16(3)5-7-18/h4-13,15,20H,14H2,1-3H3. The smallest absolute Gasteiger partial charge is 0.258 e. The molecule has 0 fully saturated rings. The fraction of sp³-hybridized carbons (Fsp3) is 0.286. The van der Waals surface area contributed by atoms with Crippen molar-refractivity contribution < 1.29 is 13.2 Å². The molecule has 1 heterocycles. The molecule has 3 rings (SSSR count). The van der Waals surface area contributed by atoms with Gasteiger partial charge in [0.25, 0.3) is 5.91 Å². The number of sulfone groups is 1. The lowest BCUT2D eigenvalue weighted by atomic mass is 10.0. The van der Waals surface area contributed by atoms with Crippen LogP contribution in [-0.4, -0.2) is 26.1 Å². The van der Waals surface area contributed by atoms with E-state index in [0.29, 0.717) is 17.2 Å². The van der Waals surface area contributed by atoms with Crippen LogP contribution in [0, 0.1) is 6.92 Å². The Labute approximate surface area is 155 Å². The molecule has 2 aromatic carbocycles. The number of aryl methyl sites for hydroxylation is 1. The van der Waals surface area contributed by atoms with Crippen LogP contribution in [0.3, 0.4) is 0 Å². The zero-order valence-electron chi connectivity index (χ0n) is 15.2. The van der Waals surface area contributed by atoms with Crippen LogP contribution in [0.15, 0.2) is 60.0 Å². The maximum absolute atomic E-state index is 13.2. The SMILES string of the molecule is Cc1ccc(C(=O)N(c2ccc(C(C)C)cc2)C2C=CS(=O)(=O)C2)cc1. The normalized spacial score (nSPS) is 18.2. The van der Waals surface area contributed by atoms with E-state index in [0.717, 1.165) is 5.56 Å². The first-order valence-electron chi connectivity index (χ1n) is 8.68. The molecule has 0 aliphatic carbocycles. The molecule has 1 aliphatic rings. The Morgan fingerprint density at radius 2 is 1.65 bits per heavy atom. The monoisotopic (exact) mass is 369 g/mol. The minimum atomic E-state index is -3.27. The van der Waals surface area contributed by atoms with Gasteiger partial charge in [0.15, 0.2) is 9.84 Å². The summed E-state index contributed by atoms with van der Waals surface area (Å²) in [5.41, 5.74) is 3.48. The van der Waals surface area contributed by atoms with E-state index >= 15 is 0 Å². The topological polar surface area (TPSA) is 54.5 Å². The van der Waals surface area contributed by atoms with Crippen LogP contribution < -0.4 is 4.90 Å². The second kappa shape index (κ2) is 7.08. The number of anilines is 1. The molecule has 1 unspecified atom stereocenters. The van der Waals surface area contributed by atoms with E-state index in [1.807, 2.05) is 43.3 Å². The molecular formula is C21H23NO3S. The number of hydrogen-bond acceptors (Lipinski definition) is 3. The minimum Gasteiger partial charge on any atom is -0.300 e. The van der Waals surface area contributed by atoms with Crippen molar-refractivity contribution in [2.45, 2.75) is 32.7 Å². The summed E-state index contributed by atoms with van der Waals surface area (Å²) in [6, 6.07) is 14.6. The van der Waals surface area contributed by atoms with Gasteiger partial charge < -0.3 is 4.90 Å². The third-order valence-corrected chi connectivity index (χ3v) is 5.98. The molecule has 1 atom stereocenters. The van der Waals surface area contributed by atoms with Crippen LogP contribution in [0.2, 0.25) is 0 Å². The summed E-state index contributed by atoms with van der Waals surface area (Å²) in [5, 5.41) is 1.20. The molecular weight excluding hydrogens is 346 g/mol. The van der Waals surface area contributed by atoms with Crippen molar-refractivity contribution in [3.8, 4) is 0 Å². The second-order valence-corrected chi connectivity index (χ2v) is 8.94. The molecule has 0 aromatic heterocycles. The van der Waals surface area contributed by atoms with Crippen LogP contribution in [0.5, 0.6) is 0 Å². The van der Waals surface area contributed by atoms with E-state index in [1.54, 1.807) is 23.1 Å². The molecule has 0 bridgehead atoms. The summed E-state index contributed by atoms with van der Waals surface area (Å²) in [5.74, 6) is 0.0994. The minimum absolute atomic E-state index is 0.0868. The summed E-state index contributed by atoms with van der Waals surface area (Å²) in [4.78, 5) is 14.7. The van der Waals surface area contributed by atoms with Crippen LogP contribution in [-0.2, 0) is 9.84 Å². The predicted molar refractivity (Wildman–Crippen MR) is 105 cm³/mol. The fourth-order valence-corrected chi connectivity index (χ4v) is 4.30. The molecule has 0 saturated carbocycles. The Hall–Kier alpha value is -2.40. The van der Waals surface area contributed by atoms with Crippen molar-refractivity contribution in [1.29, 1.82) is 0 Å². The van der Waals surface area contributed by atoms with Gasteiger partial charge in [0, 0.05) is 16.7 Å². The molecule has 2 aromatic rings. The molecule has 0 spiro atoms. The van der Waals surface area contributed by atoms with Crippen LogP contribution in [0.1, 0.15) is 41.3 Å². The summed E-state index contributed by atoms with van der Waals surface area (Å²) < 4.78 is 23.8. The molecule has 1 aliphatic heterocycles. The molecule has 136 valence electrons. The fourth-order valence-electron chi connectivity index (χ4n) is 3.03. The molecule has 0 radical (unpaired) electrons. The van der Waals surface area contributed by atoms with E-state index < -0.39 is 15.9 Å². The number of nitrogens with zero attached hydrogens (tertiary/aromatic N) is 1. The van der Waals surface area contributed by atoms with Crippen molar-refractivity contribution >= 4 is 21.4 Å².